The topological polar surface area (TPSA) is 52.6 Å². The third-order valence-electron chi connectivity index (χ3n) is 6.68. The molecule has 1 amide bonds. The first-order valence-electron chi connectivity index (χ1n) is 11.3. The number of carbonyl (C=O) groups excluding carboxylic acids is 1. The van der Waals surface area contributed by atoms with E-state index in [1.807, 2.05) is 11.1 Å². The van der Waals surface area contributed by atoms with Gasteiger partial charge in [-0.3, -0.25) is 14.7 Å². The summed E-state index contributed by atoms with van der Waals surface area (Å²) in [4.78, 5) is 28.3. The fourth-order valence-electron chi connectivity index (χ4n) is 4.78. The van der Waals surface area contributed by atoms with Gasteiger partial charge in [-0.15, -0.1) is 11.3 Å². The Morgan fingerprint density at radius 1 is 1.16 bits per heavy atom. The summed E-state index contributed by atoms with van der Waals surface area (Å²) in [5, 5.41) is 3.44. The molecule has 3 aromatic rings. The van der Waals surface area contributed by atoms with Crippen molar-refractivity contribution in [2.24, 2.45) is 0 Å². The third-order valence-corrected chi connectivity index (χ3v) is 7.58. The molecule has 0 unspecified atom stereocenters. The van der Waals surface area contributed by atoms with E-state index < -0.39 is 0 Å². The van der Waals surface area contributed by atoms with E-state index in [2.05, 4.69) is 69.3 Å². The fraction of sp³-hybridized carbons (Fsp3) is 0.400. The van der Waals surface area contributed by atoms with Gasteiger partial charge in [0.15, 0.2) is 0 Å². The number of aromatic nitrogens is 2. The molecular formula is C25H29N5OS. The number of amides is 1. The number of hydrogen-bond acceptors (Lipinski definition) is 6. The first-order valence-corrected chi connectivity index (χ1v) is 12.2. The lowest BCUT2D eigenvalue weighted by Crippen LogP contribution is -2.58. The Labute approximate surface area is 193 Å². The summed E-state index contributed by atoms with van der Waals surface area (Å²) in [6.07, 6.45) is 8.39. The highest BCUT2D eigenvalue weighted by Gasteiger charge is 2.32. The van der Waals surface area contributed by atoms with Gasteiger partial charge >= 0.3 is 0 Å². The highest BCUT2D eigenvalue weighted by Crippen LogP contribution is 2.28. The monoisotopic (exact) mass is 447 g/mol. The highest BCUT2D eigenvalue weighted by molar-refractivity contribution is 7.17. The molecule has 0 spiro atoms. The molecule has 7 heteroatoms. The van der Waals surface area contributed by atoms with Gasteiger partial charge in [0, 0.05) is 55.4 Å². The zero-order valence-electron chi connectivity index (χ0n) is 18.6. The van der Waals surface area contributed by atoms with Gasteiger partial charge in [-0.2, -0.15) is 0 Å². The molecule has 0 N–H and O–H groups in total. The van der Waals surface area contributed by atoms with Crippen molar-refractivity contribution in [2.45, 2.75) is 32.4 Å². The molecule has 166 valence electrons. The lowest BCUT2D eigenvalue weighted by molar-refractivity contribution is -0.132. The molecule has 0 radical (unpaired) electrons. The number of rotatable bonds is 4. The number of carbonyl (C=O) groups is 1. The average Bonchev–Trinajstić information content (AvgIpc) is 3.30. The Morgan fingerprint density at radius 2 is 2.06 bits per heavy atom. The average molecular weight is 448 g/mol. The summed E-state index contributed by atoms with van der Waals surface area (Å²) in [7, 11) is 0. The second kappa shape index (κ2) is 9.00. The number of hydrogen-bond donors (Lipinski definition) is 0. The van der Waals surface area contributed by atoms with E-state index in [-0.39, 0.29) is 18.0 Å². The van der Waals surface area contributed by atoms with Crippen LogP contribution in [0.3, 0.4) is 0 Å². The van der Waals surface area contributed by atoms with E-state index in [1.165, 1.54) is 21.2 Å². The SMILES string of the molecule is C[C@@H]1CN(c2cnccn2)[C@@H](C)CN1CC(=O)N1CC=C(c2ccc3sccc3c2)CC1. The second-order valence-electron chi connectivity index (χ2n) is 8.84. The van der Waals surface area contributed by atoms with Crippen molar-refractivity contribution >= 4 is 38.7 Å². The van der Waals surface area contributed by atoms with E-state index in [9.17, 15) is 4.79 Å². The summed E-state index contributed by atoms with van der Waals surface area (Å²) in [6, 6.07) is 9.43. The Bertz CT molecular complexity index is 1130. The number of anilines is 1. The van der Waals surface area contributed by atoms with Gasteiger partial charge in [0.25, 0.3) is 0 Å². The summed E-state index contributed by atoms with van der Waals surface area (Å²) in [5.41, 5.74) is 2.63. The van der Waals surface area contributed by atoms with Gasteiger partial charge in [-0.1, -0.05) is 12.1 Å². The lowest BCUT2D eigenvalue weighted by atomic mass is 9.98. The van der Waals surface area contributed by atoms with Crippen molar-refractivity contribution in [1.82, 2.24) is 19.8 Å². The smallest absolute Gasteiger partial charge is 0.237 e. The molecule has 1 fully saturated rings. The van der Waals surface area contributed by atoms with Gasteiger partial charge in [-0.05, 0) is 60.4 Å². The maximum Gasteiger partial charge on any atom is 0.237 e. The Morgan fingerprint density at radius 3 is 2.84 bits per heavy atom. The van der Waals surface area contributed by atoms with Crippen molar-refractivity contribution in [3.05, 3.63) is 59.9 Å². The van der Waals surface area contributed by atoms with E-state index >= 15 is 0 Å². The fourth-order valence-corrected chi connectivity index (χ4v) is 5.55. The van der Waals surface area contributed by atoms with Crippen molar-refractivity contribution < 1.29 is 4.79 Å². The molecular weight excluding hydrogens is 418 g/mol. The zero-order chi connectivity index (χ0) is 22.1. The quantitative estimate of drug-likeness (QED) is 0.607. The van der Waals surface area contributed by atoms with Gasteiger partial charge in [0.2, 0.25) is 5.91 Å². The zero-order valence-corrected chi connectivity index (χ0v) is 19.5. The van der Waals surface area contributed by atoms with Gasteiger partial charge in [-0.25, -0.2) is 4.98 Å². The van der Waals surface area contributed by atoms with E-state index in [0.29, 0.717) is 13.1 Å². The standard InChI is InChI=1S/C25H29N5OS/c1-18-16-30(24-14-26-8-9-27-24)19(2)15-29(18)17-25(31)28-10-5-20(6-11-28)21-3-4-23-22(13-21)7-12-32-23/h3-5,7-9,12-14,18-19H,6,10-11,15-17H2,1-2H3/t18-,19+/m1/s1. The number of piperazine rings is 1. The van der Waals surface area contributed by atoms with Crippen LogP contribution in [0.25, 0.3) is 15.7 Å². The molecule has 0 aliphatic carbocycles. The predicted molar refractivity (Wildman–Crippen MR) is 131 cm³/mol. The van der Waals surface area contributed by atoms with Gasteiger partial charge in [0.1, 0.15) is 5.82 Å². The maximum absolute atomic E-state index is 13.1. The van der Waals surface area contributed by atoms with E-state index in [4.69, 9.17) is 0 Å². The van der Waals surface area contributed by atoms with Crippen LogP contribution in [0.5, 0.6) is 0 Å². The maximum atomic E-state index is 13.1. The summed E-state index contributed by atoms with van der Waals surface area (Å²) >= 11 is 1.78. The molecule has 5 rings (SSSR count). The molecule has 4 heterocycles. The van der Waals surface area contributed by atoms with Crippen LogP contribution >= 0.6 is 11.3 Å². The summed E-state index contributed by atoms with van der Waals surface area (Å²) in [6.45, 7) is 8.04. The highest BCUT2D eigenvalue weighted by atomic mass is 32.1. The van der Waals surface area contributed by atoms with Crippen LogP contribution < -0.4 is 4.90 Å². The second-order valence-corrected chi connectivity index (χ2v) is 9.78. The van der Waals surface area contributed by atoms with Crippen LogP contribution in [-0.4, -0.2) is 70.5 Å². The van der Waals surface area contributed by atoms with Crippen molar-refractivity contribution in [2.75, 3.05) is 37.6 Å². The molecule has 1 aromatic carbocycles. The molecule has 2 atom stereocenters. The molecule has 2 aliphatic rings. The molecule has 32 heavy (non-hydrogen) atoms. The number of nitrogens with zero attached hydrogens (tertiary/aromatic N) is 5. The summed E-state index contributed by atoms with van der Waals surface area (Å²) < 4.78 is 1.32. The predicted octanol–water partition coefficient (Wildman–Crippen LogP) is 3.91. The number of fused-ring (bicyclic) bond motifs is 1. The molecule has 2 aliphatic heterocycles. The van der Waals surface area contributed by atoms with Crippen LogP contribution in [0.2, 0.25) is 0 Å². The molecule has 2 aromatic heterocycles. The largest absolute Gasteiger partial charge is 0.350 e. The minimum atomic E-state index is 0.223. The van der Waals surface area contributed by atoms with Crippen molar-refractivity contribution in [3.8, 4) is 0 Å². The Kier molecular flexibility index (Phi) is 5.93. The van der Waals surface area contributed by atoms with Gasteiger partial charge < -0.3 is 9.80 Å². The molecule has 0 saturated carbocycles. The molecule has 6 nitrogen and oxygen atoms in total. The van der Waals surface area contributed by atoms with Gasteiger partial charge in [0.05, 0.1) is 12.7 Å². The van der Waals surface area contributed by atoms with Crippen LogP contribution in [-0.2, 0) is 4.79 Å². The van der Waals surface area contributed by atoms with Crippen LogP contribution in [0.1, 0.15) is 25.8 Å². The first-order chi connectivity index (χ1) is 15.6. The van der Waals surface area contributed by atoms with Crippen LogP contribution in [0.4, 0.5) is 5.82 Å². The molecule has 0 bridgehead atoms. The van der Waals surface area contributed by atoms with Crippen LogP contribution in [0, 0.1) is 0 Å². The first kappa shape index (κ1) is 21.1. The molecule has 1 saturated heterocycles. The summed E-state index contributed by atoms with van der Waals surface area (Å²) in [5.74, 6) is 1.13. The normalized spacial score (nSPS) is 22.2. The number of benzene rings is 1. The van der Waals surface area contributed by atoms with E-state index in [1.54, 1.807) is 23.7 Å². The Hall–Kier alpha value is -2.77. The van der Waals surface area contributed by atoms with Crippen LogP contribution in [0.15, 0.2) is 54.3 Å². The number of thiophene rings is 1. The Balaban J connectivity index is 1.19. The minimum Gasteiger partial charge on any atom is -0.350 e. The minimum absolute atomic E-state index is 0.223. The van der Waals surface area contributed by atoms with E-state index in [0.717, 1.165) is 31.9 Å². The third kappa shape index (κ3) is 4.27. The van der Waals surface area contributed by atoms with Crippen molar-refractivity contribution in [1.29, 1.82) is 0 Å². The van der Waals surface area contributed by atoms with Crippen molar-refractivity contribution in [3.63, 3.8) is 0 Å². The lowest BCUT2D eigenvalue weighted by Gasteiger charge is -2.44.